The van der Waals surface area contributed by atoms with Gasteiger partial charge in [0, 0.05) is 6.61 Å². The lowest BCUT2D eigenvalue weighted by molar-refractivity contribution is -0.166. The Kier molecular flexibility index (Phi) is 4.58. The summed E-state index contributed by atoms with van der Waals surface area (Å²) in [5.41, 5.74) is -0.924. The molecule has 3 nitrogen and oxygen atoms in total. The Hall–Kier alpha value is -0.570. The Bertz CT molecular complexity index is 211. The highest BCUT2D eigenvalue weighted by Crippen LogP contribution is 2.42. The van der Waals surface area contributed by atoms with E-state index in [-0.39, 0.29) is 5.92 Å². The fraction of sp³-hybridized carbons (Fsp3) is 0.917. The zero-order valence-corrected chi connectivity index (χ0v) is 9.79. The summed E-state index contributed by atoms with van der Waals surface area (Å²) in [6.07, 6.45) is 6.51. The molecule has 0 aromatic carbocycles. The van der Waals surface area contributed by atoms with Crippen LogP contribution in [0.5, 0.6) is 0 Å². The van der Waals surface area contributed by atoms with E-state index in [9.17, 15) is 4.79 Å². The van der Waals surface area contributed by atoms with E-state index in [4.69, 9.17) is 9.84 Å². The van der Waals surface area contributed by atoms with Crippen LogP contribution in [0.25, 0.3) is 0 Å². The van der Waals surface area contributed by atoms with Crippen molar-refractivity contribution >= 4 is 5.97 Å². The highest BCUT2D eigenvalue weighted by Gasteiger charge is 2.48. The van der Waals surface area contributed by atoms with E-state index in [2.05, 4.69) is 6.92 Å². The van der Waals surface area contributed by atoms with E-state index < -0.39 is 11.6 Å². The Morgan fingerprint density at radius 2 is 2.07 bits per heavy atom. The van der Waals surface area contributed by atoms with E-state index >= 15 is 0 Å². The largest absolute Gasteiger partial charge is 0.479 e. The fourth-order valence-corrected chi connectivity index (χ4v) is 1.80. The highest BCUT2D eigenvalue weighted by atomic mass is 16.5. The minimum atomic E-state index is -0.924. The minimum Gasteiger partial charge on any atom is -0.479 e. The summed E-state index contributed by atoms with van der Waals surface area (Å²) >= 11 is 0. The Morgan fingerprint density at radius 1 is 1.40 bits per heavy atom. The second kappa shape index (κ2) is 5.50. The van der Waals surface area contributed by atoms with Crippen LogP contribution in [0, 0.1) is 5.92 Å². The van der Waals surface area contributed by atoms with Gasteiger partial charge >= 0.3 is 5.97 Å². The molecule has 1 N–H and O–H groups in total. The van der Waals surface area contributed by atoms with Crippen LogP contribution in [0.2, 0.25) is 0 Å². The van der Waals surface area contributed by atoms with Gasteiger partial charge in [-0.25, -0.2) is 4.79 Å². The van der Waals surface area contributed by atoms with E-state index in [1.165, 1.54) is 12.8 Å². The molecule has 3 heteroatoms. The Morgan fingerprint density at radius 3 is 2.53 bits per heavy atom. The third kappa shape index (κ3) is 3.49. The lowest BCUT2D eigenvalue weighted by Crippen LogP contribution is -2.41. The molecule has 0 bridgehead atoms. The molecule has 0 spiro atoms. The van der Waals surface area contributed by atoms with E-state index in [1.54, 1.807) is 6.92 Å². The summed E-state index contributed by atoms with van der Waals surface area (Å²) in [6.45, 7) is 4.46. The first kappa shape index (κ1) is 12.5. The highest BCUT2D eigenvalue weighted by molar-refractivity contribution is 5.77. The molecule has 0 amide bonds. The van der Waals surface area contributed by atoms with Gasteiger partial charge in [-0.2, -0.15) is 0 Å². The molecule has 1 unspecified atom stereocenters. The Labute approximate surface area is 91.8 Å². The molecule has 1 aliphatic carbocycles. The van der Waals surface area contributed by atoms with Gasteiger partial charge in [-0.15, -0.1) is 0 Å². The smallest absolute Gasteiger partial charge is 0.335 e. The van der Waals surface area contributed by atoms with E-state index in [1.807, 2.05) is 0 Å². The number of ether oxygens (including phenoxy) is 1. The van der Waals surface area contributed by atoms with Crippen molar-refractivity contribution in [2.45, 2.75) is 58.0 Å². The number of hydrogen-bond donors (Lipinski definition) is 1. The van der Waals surface area contributed by atoms with Crippen molar-refractivity contribution in [3.05, 3.63) is 0 Å². The molecule has 1 saturated carbocycles. The molecular formula is C12H22O3. The van der Waals surface area contributed by atoms with E-state index in [0.29, 0.717) is 6.61 Å². The molecule has 0 aliphatic heterocycles. The average Bonchev–Trinajstić information content (AvgIpc) is 3.00. The van der Waals surface area contributed by atoms with E-state index in [0.717, 1.165) is 25.7 Å². The van der Waals surface area contributed by atoms with Gasteiger partial charge in [-0.1, -0.05) is 26.2 Å². The fourth-order valence-electron chi connectivity index (χ4n) is 1.80. The predicted molar refractivity (Wildman–Crippen MR) is 58.9 cm³/mol. The van der Waals surface area contributed by atoms with Crippen LogP contribution in [0.1, 0.15) is 52.4 Å². The van der Waals surface area contributed by atoms with Crippen molar-refractivity contribution in [1.82, 2.24) is 0 Å². The lowest BCUT2D eigenvalue weighted by Gasteiger charge is -2.25. The average molecular weight is 214 g/mol. The summed E-state index contributed by atoms with van der Waals surface area (Å²) in [4.78, 5) is 11.1. The summed E-state index contributed by atoms with van der Waals surface area (Å²) < 4.78 is 5.56. The second-order valence-electron chi connectivity index (χ2n) is 4.60. The number of carboxylic acid groups (broad SMARTS) is 1. The molecule has 1 aliphatic rings. The molecule has 0 aromatic heterocycles. The van der Waals surface area contributed by atoms with Crippen LogP contribution in [0.3, 0.4) is 0 Å². The van der Waals surface area contributed by atoms with Gasteiger partial charge in [0.15, 0.2) is 5.60 Å². The van der Waals surface area contributed by atoms with Crippen molar-refractivity contribution in [3.63, 3.8) is 0 Å². The summed E-state index contributed by atoms with van der Waals surface area (Å²) in [5.74, 6) is -0.568. The molecule has 15 heavy (non-hydrogen) atoms. The molecule has 1 fully saturated rings. The van der Waals surface area contributed by atoms with Crippen LogP contribution in [-0.4, -0.2) is 23.3 Å². The summed E-state index contributed by atoms with van der Waals surface area (Å²) in [7, 11) is 0. The van der Waals surface area contributed by atoms with Crippen LogP contribution < -0.4 is 0 Å². The number of carbonyl (C=O) groups is 1. The van der Waals surface area contributed by atoms with Crippen LogP contribution in [0.4, 0.5) is 0 Å². The number of carboxylic acids is 1. The number of aliphatic carboxylic acids is 1. The van der Waals surface area contributed by atoms with Crippen molar-refractivity contribution in [3.8, 4) is 0 Å². The van der Waals surface area contributed by atoms with Crippen molar-refractivity contribution in [2.75, 3.05) is 6.61 Å². The maximum absolute atomic E-state index is 11.1. The third-order valence-corrected chi connectivity index (χ3v) is 3.18. The Balaban J connectivity index is 2.23. The topological polar surface area (TPSA) is 46.5 Å². The maximum atomic E-state index is 11.1. The molecule has 1 rings (SSSR count). The van der Waals surface area contributed by atoms with Crippen molar-refractivity contribution < 1.29 is 14.6 Å². The zero-order chi connectivity index (χ0) is 11.3. The number of unbranched alkanes of at least 4 members (excludes halogenated alkanes) is 3. The van der Waals surface area contributed by atoms with Crippen LogP contribution in [0.15, 0.2) is 0 Å². The predicted octanol–water partition coefficient (Wildman–Crippen LogP) is 2.84. The molecular weight excluding hydrogens is 192 g/mol. The first-order valence-electron chi connectivity index (χ1n) is 5.98. The first-order chi connectivity index (χ1) is 7.11. The summed E-state index contributed by atoms with van der Waals surface area (Å²) in [5, 5.41) is 9.12. The number of rotatable bonds is 8. The molecule has 0 radical (unpaired) electrons. The normalized spacial score (nSPS) is 19.9. The maximum Gasteiger partial charge on any atom is 0.335 e. The van der Waals surface area contributed by atoms with Gasteiger partial charge < -0.3 is 9.84 Å². The first-order valence-corrected chi connectivity index (χ1v) is 5.98. The summed E-state index contributed by atoms with van der Waals surface area (Å²) in [6, 6.07) is 0. The lowest BCUT2D eigenvalue weighted by atomic mass is 10.0. The molecule has 1 atom stereocenters. The minimum absolute atomic E-state index is 0.237. The monoisotopic (exact) mass is 214 g/mol. The van der Waals surface area contributed by atoms with Gasteiger partial charge in [0.1, 0.15) is 0 Å². The molecule has 0 saturated heterocycles. The van der Waals surface area contributed by atoms with Gasteiger partial charge in [-0.05, 0) is 32.1 Å². The zero-order valence-electron chi connectivity index (χ0n) is 9.79. The van der Waals surface area contributed by atoms with Crippen LogP contribution in [-0.2, 0) is 9.53 Å². The molecule has 88 valence electrons. The van der Waals surface area contributed by atoms with Crippen molar-refractivity contribution in [2.24, 2.45) is 5.92 Å². The van der Waals surface area contributed by atoms with Gasteiger partial charge in [0.25, 0.3) is 0 Å². The number of hydrogen-bond acceptors (Lipinski definition) is 2. The van der Waals surface area contributed by atoms with Crippen molar-refractivity contribution in [1.29, 1.82) is 0 Å². The molecule has 0 heterocycles. The molecule has 0 aromatic rings. The standard InChI is InChI=1S/C12H22O3/c1-3-4-5-6-9-15-12(2,11(13)14)10-7-8-10/h10H,3-9H2,1-2H3,(H,13,14). The third-order valence-electron chi connectivity index (χ3n) is 3.18. The van der Waals surface area contributed by atoms with Gasteiger partial charge in [-0.3, -0.25) is 0 Å². The van der Waals surface area contributed by atoms with Gasteiger partial charge in [0.2, 0.25) is 0 Å². The SMILES string of the molecule is CCCCCCOC(C)(C(=O)O)C1CC1. The quantitative estimate of drug-likeness (QED) is 0.632. The van der Waals surface area contributed by atoms with Gasteiger partial charge in [0.05, 0.1) is 0 Å². The second-order valence-corrected chi connectivity index (χ2v) is 4.60. The van der Waals surface area contributed by atoms with Crippen LogP contribution >= 0.6 is 0 Å².